The quantitative estimate of drug-likeness (QED) is 0.261. The molecule has 254 valence electrons. The van der Waals surface area contributed by atoms with Crippen LogP contribution in [0.25, 0.3) is 0 Å². The maximum absolute atomic E-state index is 15.6. The summed E-state index contributed by atoms with van der Waals surface area (Å²) in [7, 11) is -8.57. The minimum atomic E-state index is -2.29. The predicted molar refractivity (Wildman–Crippen MR) is 192 cm³/mol. The molecule has 0 saturated carbocycles. The Morgan fingerprint density at radius 1 is 0.761 bits per heavy atom. The van der Waals surface area contributed by atoms with Crippen molar-refractivity contribution in [1.82, 2.24) is 0 Å². The van der Waals surface area contributed by atoms with Gasteiger partial charge in [0.1, 0.15) is 18.0 Å². The Balaban J connectivity index is 0.00000736. The summed E-state index contributed by atoms with van der Waals surface area (Å²) in [5.41, 5.74) is 2.36. The molecule has 0 aromatic heterocycles. The molecule has 0 spiro atoms. The Morgan fingerprint density at radius 2 is 1.30 bits per heavy atom. The van der Waals surface area contributed by atoms with Crippen LogP contribution < -0.4 is 28.7 Å². The number of halogens is 1. The smallest absolute Gasteiger partial charge is 0.823 e. The van der Waals surface area contributed by atoms with E-state index in [2.05, 4.69) is 78.6 Å². The molecule has 1 aliphatic heterocycles. The first-order valence-corrected chi connectivity index (χ1v) is 30.1. The second-order valence-corrected chi connectivity index (χ2v) is 34.1. The van der Waals surface area contributed by atoms with Gasteiger partial charge in [0.25, 0.3) is 0 Å². The molecule has 2 aromatic rings. The summed E-state index contributed by atoms with van der Waals surface area (Å²) in [5.74, 6) is -1.27. The molecule has 0 radical (unpaired) electrons. The first-order chi connectivity index (χ1) is 20.5. The molecular weight excluding hydrogens is 663 g/mol. The molecule has 1 heterocycles. The van der Waals surface area contributed by atoms with E-state index in [-0.39, 0.29) is 25.5 Å². The van der Waals surface area contributed by atoms with Gasteiger partial charge < -0.3 is 32.3 Å². The Labute approximate surface area is 299 Å². The average Bonchev–Trinajstić information content (AvgIpc) is 2.87. The van der Waals surface area contributed by atoms with Crippen molar-refractivity contribution < 1.29 is 51.1 Å². The van der Waals surface area contributed by atoms with Gasteiger partial charge in [-0.1, -0.05) is 35.9 Å². The van der Waals surface area contributed by atoms with Gasteiger partial charge in [-0.3, -0.25) is 0 Å². The van der Waals surface area contributed by atoms with Crippen LogP contribution in [0, 0.1) is 0 Å². The Bertz CT molecular complexity index is 1260. The van der Waals surface area contributed by atoms with Crippen molar-refractivity contribution in [1.29, 1.82) is 0 Å². The number of ether oxygens (including phenoxy) is 2. The number of hydrogen-bond donors (Lipinski definition) is 0. The molecule has 0 aliphatic carbocycles. The van der Waals surface area contributed by atoms with Crippen molar-refractivity contribution in [3.8, 4) is 5.75 Å². The summed E-state index contributed by atoms with van der Waals surface area (Å²) in [5, 5.41) is 16.2. The van der Waals surface area contributed by atoms with Gasteiger partial charge in [-0.15, -0.1) is 0 Å². The van der Waals surface area contributed by atoms with Crippen molar-refractivity contribution in [3.05, 3.63) is 64.2 Å². The van der Waals surface area contributed by atoms with Crippen LogP contribution in [0.1, 0.15) is 23.6 Å². The number of benzene rings is 2. The van der Waals surface area contributed by atoms with Gasteiger partial charge in [-0.2, -0.15) is 0 Å². The second-order valence-electron chi connectivity index (χ2n) is 15.8. The van der Waals surface area contributed by atoms with E-state index >= 15 is 5.11 Å². The van der Waals surface area contributed by atoms with Gasteiger partial charge in [0, 0.05) is 10.8 Å². The van der Waals surface area contributed by atoms with Crippen molar-refractivity contribution in [3.63, 3.8) is 0 Å². The average molecular weight is 720 g/mol. The monoisotopic (exact) mass is 718 g/mol. The molecule has 1 fully saturated rings. The zero-order valence-electron chi connectivity index (χ0n) is 30.7. The van der Waals surface area contributed by atoms with E-state index in [4.69, 9.17) is 38.8 Å². The zero-order chi connectivity index (χ0) is 34.0. The molecule has 0 bridgehead atoms. The van der Waals surface area contributed by atoms with Crippen LogP contribution in [-0.4, -0.2) is 70.9 Å². The van der Waals surface area contributed by atoms with Crippen LogP contribution in [0.15, 0.2) is 42.5 Å². The summed E-state index contributed by atoms with van der Waals surface area (Å²) in [4.78, 5) is 0. The van der Waals surface area contributed by atoms with Crippen LogP contribution >= 0.6 is 11.6 Å². The summed E-state index contributed by atoms with van der Waals surface area (Å²) in [6.45, 7) is 28.3. The fraction of sp³-hybridized carbons (Fsp3) is 0.636. The van der Waals surface area contributed by atoms with Crippen LogP contribution in [0.2, 0.25) is 83.6 Å². The molecule has 0 N–H and O–H groups in total. The summed E-state index contributed by atoms with van der Waals surface area (Å²) < 4.78 is 39.3. The van der Waals surface area contributed by atoms with E-state index in [9.17, 15) is 0 Å². The van der Waals surface area contributed by atoms with Crippen molar-refractivity contribution in [2.75, 3.05) is 13.2 Å². The summed E-state index contributed by atoms with van der Waals surface area (Å²) in [6, 6.07) is 13.4. The third-order valence-corrected chi connectivity index (χ3v) is 11.2. The molecule has 1 saturated heterocycles. The molecule has 1 aliphatic rings. The van der Waals surface area contributed by atoms with Crippen LogP contribution in [0.3, 0.4) is 0 Å². The first-order valence-electron chi connectivity index (χ1n) is 16.1. The fourth-order valence-electron chi connectivity index (χ4n) is 5.28. The first kappa shape index (κ1) is 41.9. The topological polar surface area (TPSA) is 78.4 Å². The van der Waals surface area contributed by atoms with Crippen molar-refractivity contribution >= 4 is 44.9 Å². The van der Waals surface area contributed by atoms with E-state index in [0.717, 1.165) is 16.9 Å². The van der Waals surface area contributed by atoms with E-state index in [0.29, 0.717) is 23.6 Å². The van der Waals surface area contributed by atoms with E-state index in [1.165, 1.54) is 0 Å². The van der Waals surface area contributed by atoms with Crippen molar-refractivity contribution in [2.45, 2.75) is 122 Å². The van der Waals surface area contributed by atoms with Crippen molar-refractivity contribution in [2.24, 2.45) is 0 Å². The molecule has 7 nitrogen and oxygen atoms in total. The van der Waals surface area contributed by atoms with Gasteiger partial charge in [-0.25, -0.2) is 0 Å². The van der Waals surface area contributed by atoms with Crippen LogP contribution in [0.4, 0.5) is 0 Å². The Kier molecular flexibility index (Phi) is 14.8. The van der Waals surface area contributed by atoms with Crippen LogP contribution in [-0.2, 0) is 34.6 Å². The molecule has 3 rings (SSSR count). The summed E-state index contributed by atoms with van der Waals surface area (Å²) >= 11 is 6.75. The fourth-order valence-corrected chi connectivity index (χ4v) is 9.36. The predicted octanol–water partition coefficient (Wildman–Crippen LogP) is 4.76. The molecule has 13 heteroatoms. The Morgan fingerprint density at radius 3 is 1.80 bits per heavy atom. The molecule has 46 heavy (non-hydrogen) atoms. The Hall–Kier alpha value is -0.245. The largest absolute Gasteiger partial charge is 1.00 e. The maximum Gasteiger partial charge on any atom is 1.00 e. The molecule has 0 amide bonds. The maximum atomic E-state index is 15.6. The van der Waals surface area contributed by atoms with Crippen LogP contribution in [0.5, 0.6) is 5.75 Å². The normalized spacial score (nSPS) is 24.4. The van der Waals surface area contributed by atoms with E-state index in [1.807, 2.05) is 37.3 Å². The van der Waals surface area contributed by atoms with Gasteiger partial charge in [0.2, 0.25) is 0 Å². The summed E-state index contributed by atoms with van der Waals surface area (Å²) in [6.07, 6.45) is -2.19. The number of rotatable bonds is 14. The minimum absolute atomic E-state index is 0. The molecular formula is C33H56ClLiO7Si4. The standard InChI is InChI=1S/C33H56ClO7Si4.Li/c1-14-36-27-18-15-24(16-19-27)21-25-22-26(17-20-28(25)34)33(35)32(41-45(11,12)13)31(40-44(8,9)10)30(39-43(5,6)7)29(38-33)23-37-42(2,3)4;/h15-20,22,29-32H,14,21,23H2,1-13H3;/q-1;+1/t29-,30-,31+,32-,33?;/m1./s1. The van der Waals surface area contributed by atoms with Gasteiger partial charge in [-0.05, 0) is 127 Å². The van der Waals surface area contributed by atoms with Gasteiger partial charge in [0.05, 0.1) is 25.4 Å². The molecule has 1 unspecified atom stereocenters. The third-order valence-electron chi connectivity index (χ3n) is 6.91. The zero-order valence-corrected chi connectivity index (χ0v) is 35.5. The SMILES string of the molecule is CCOc1ccc(Cc2cc(C3([O-])O[C@H](CO[Si](C)(C)C)[C@@H](O[Si](C)(C)C)[C@H](O[Si](C)(C)C)[C@H]3O[Si](C)(C)C)ccc2Cl)cc1.[Li+]. The number of hydrogen-bond acceptors (Lipinski definition) is 7. The minimum Gasteiger partial charge on any atom is -0.823 e. The second kappa shape index (κ2) is 16.2. The molecule has 2 aromatic carbocycles. The van der Waals surface area contributed by atoms with Gasteiger partial charge in [0.15, 0.2) is 33.3 Å². The molecule has 5 atom stereocenters. The third kappa shape index (κ3) is 12.6. The van der Waals surface area contributed by atoms with E-state index < -0.39 is 63.5 Å². The van der Waals surface area contributed by atoms with Gasteiger partial charge >= 0.3 is 18.9 Å². The van der Waals surface area contributed by atoms with E-state index in [1.54, 1.807) is 12.1 Å².